The summed E-state index contributed by atoms with van der Waals surface area (Å²) in [7, 11) is 0. The van der Waals surface area contributed by atoms with E-state index >= 15 is 0 Å². The molecule has 2 spiro atoms. The highest BCUT2D eigenvalue weighted by Gasteiger charge is 2.84. The van der Waals surface area contributed by atoms with Crippen LogP contribution in [-0.2, 0) is 9.53 Å². The number of Topliss-reactive ketones (excluding diaryl/α,β-unsaturated/α-hetero) is 1. The molecule has 138 valence electrons. The lowest BCUT2D eigenvalue weighted by Gasteiger charge is -2.74. The van der Waals surface area contributed by atoms with Gasteiger partial charge < -0.3 is 20.1 Å². The molecular weight excluding hydrogens is 320 g/mol. The number of carbonyl (C=O) groups excluding carboxylic acids is 1. The fraction of sp³-hybridized carbons (Fsp3) is 0.850. The normalized spacial score (nSPS) is 58.8. The summed E-state index contributed by atoms with van der Waals surface area (Å²) < 4.78 is 5.89. The van der Waals surface area contributed by atoms with Crippen LogP contribution in [0.3, 0.4) is 0 Å². The van der Waals surface area contributed by atoms with Gasteiger partial charge in [-0.3, -0.25) is 4.79 Å². The summed E-state index contributed by atoms with van der Waals surface area (Å²) >= 11 is 0. The molecule has 6 aliphatic rings. The monoisotopic (exact) mass is 348 g/mol. The number of aliphatic hydroxyl groups excluding tert-OH is 2. The maximum Gasteiger partial charge on any atom is 0.205 e. The summed E-state index contributed by atoms with van der Waals surface area (Å²) in [6.45, 7) is 8.41. The second kappa shape index (κ2) is 4.38. The van der Waals surface area contributed by atoms with Gasteiger partial charge in [0.15, 0.2) is 5.78 Å². The third kappa shape index (κ3) is 1.44. The van der Waals surface area contributed by atoms with Gasteiger partial charge in [0.25, 0.3) is 0 Å². The molecule has 2 unspecified atom stereocenters. The topological polar surface area (TPSA) is 87.0 Å². The summed E-state index contributed by atoms with van der Waals surface area (Å²) in [5, 5.41) is 34.0. The predicted octanol–water partition coefficient (Wildman–Crippen LogP) is 1.40. The molecule has 4 saturated carbocycles. The maximum absolute atomic E-state index is 13.3. The zero-order valence-electron chi connectivity index (χ0n) is 15.0. The van der Waals surface area contributed by atoms with Crippen LogP contribution in [0.25, 0.3) is 0 Å². The molecule has 0 radical (unpaired) electrons. The second-order valence-corrected chi connectivity index (χ2v) is 9.92. The fourth-order valence-corrected chi connectivity index (χ4v) is 7.82. The average molecular weight is 348 g/mol. The van der Waals surface area contributed by atoms with Gasteiger partial charge >= 0.3 is 0 Å². The van der Waals surface area contributed by atoms with E-state index in [-0.39, 0.29) is 35.6 Å². The molecule has 6 fully saturated rings. The fourth-order valence-electron chi connectivity index (χ4n) is 7.82. The van der Waals surface area contributed by atoms with Gasteiger partial charge in [-0.1, -0.05) is 20.4 Å². The Morgan fingerprint density at radius 3 is 2.64 bits per heavy atom. The smallest absolute Gasteiger partial charge is 0.205 e. The third-order valence-electron chi connectivity index (χ3n) is 8.81. The Bertz CT molecular complexity index is 686. The van der Waals surface area contributed by atoms with E-state index in [1.165, 1.54) is 0 Å². The zero-order valence-corrected chi connectivity index (χ0v) is 15.0. The van der Waals surface area contributed by atoms with Crippen molar-refractivity contribution in [3.8, 4) is 0 Å². The van der Waals surface area contributed by atoms with Gasteiger partial charge in [0, 0.05) is 11.3 Å². The highest BCUT2D eigenvalue weighted by atomic mass is 16.6. The molecular formula is C20H28O5. The third-order valence-corrected chi connectivity index (χ3v) is 8.81. The van der Waals surface area contributed by atoms with Crippen LogP contribution in [-0.4, -0.2) is 45.7 Å². The van der Waals surface area contributed by atoms with Crippen molar-refractivity contribution in [1.82, 2.24) is 0 Å². The van der Waals surface area contributed by atoms with Gasteiger partial charge in [-0.05, 0) is 54.9 Å². The van der Waals surface area contributed by atoms with Crippen molar-refractivity contribution in [3.63, 3.8) is 0 Å². The second-order valence-electron chi connectivity index (χ2n) is 9.92. The summed E-state index contributed by atoms with van der Waals surface area (Å²) in [5.74, 6) is -2.39. The first-order valence-electron chi connectivity index (χ1n) is 9.59. The number of allylic oxidation sites excluding steroid dienone is 1. The van der Waals surface area contributed by atoms with Crippen molar-refractivity contribution < 1.29 is 24.9 Å². The van der Waals surface area contributed by atoms with Crippen molar-refractivity contribution >= 4 is 5.78 Å². The Hall–Kier alpha value is -0.750. The molecule has 2 heterocycles. The van der Waals surface area contributed by atoms with Gasteiger partial charge in [-0.2, -0.15) is 0 Å². The molecule has 8 atom stereocenters. The molecule has 5 heteroatoms. The number of fused-ring (bicyclic) bond motifs is 2. The minimum atomic E-state index is -1.87. The van der Waals surface area contributed by atoms with E-state index in [2.05, 4.69) is 20.4 Å². The van der Waals surface area contributed by atoms with Crippen LogP contribution in [0.1, 0.15) is 46.0 Å². The van der Waals surface area contributed by atoms with Gasteiger partial charge in [0.1, 0.15) is 6.10 Å². The van der Waals surface area contributed by atoms with E-state index in [1.807, 2.05) is 0 Å². The van der Waals surface area contributed by atoms with Crippen LogP contribution in [0, 0.1) is 34.0 Å². The van der Waals surface area contributed by atoms with Crippen LogP contribution in [0.4, 0.5) is 0 Å². The molecule has 2 aliphatic heterocycles. The molecule has 0 aromatic rings. The van der Waals surface area contributed by atoms with Crippen molar-refractivity contribution in [2.24, 2.45) is 34.0 Å². The summed E-state index contributed by atoms with van der Waals surface area (Å²) in [5.41, 5.74) is -1.48. The molecule has 0 aromatic carbocycles. The molecule has 25 heavy (non-hydrogen) atoms. The Labute approximate surface area is 148 Å². The van der Waals surface area contributed by atoms with Gasteiger partial charge in [0.2, 0.25) is 5.79 Å². The quantitative estimate of drug-likeness (QED) is 0.576. The van der Waals surface area contributed by atoms with Crippen LogP contribution in [0.2, 0.25) is 0 Å². The van der Waals surface area contributed by atoms with Gasteiger partial charge in [0.05, 0.1) is 18.1 Å². The Balaban J connectivity index is 1.79. The zero-order chi connectivity index (χ0) is 18.0. The lowest BCUT2D eigenvalue weighted by atomic mass is 9.36. The molecule has 3 N–H and O–H groups in total. The summed E-state index contributed by atoms with van der Waals surface area (Å²) in [4.78, 5) is 13.3. The number of ether oxygens (including phenoxy) is 1. The number of aliphatic hydroxyl groups is 3. The first-order chi connectivity index (χ1) is 11.6. The maximum atomic E-state index is 13.3. The Kier molecular flexibility index (Phi) is 2.88. The SMILES string of the molecule is C=C1C(=O)[C@]23CC1CC[C@H]2[C@@]12COC3(O)[C@@H](O)[C@@H]1C(C)(C)CC[C@@H]2O. The van der Waals surface area contributed by atoms with E-state index < -0.39 is 28.8 Å². The minimum Gasteiger partial charge on any atom is -0.392 e. The first-order valence-corrected chi connectivity index (χ1v) is 9.59. The molecule has 5 nitrogen and oxygen atoms in total. The largest absolute Gasteiger partial charge is 0.392 e. The average Bonchev–Trinajstić information content (AvgIpc) is 2.75. The highest BCUT2D eigenvalue weighted by Crippen LogP contribution is 2.76. The van der Waals surface area contributed by atoms with Crippen LogP contribution in [0.5, 0.6) is 0 Å². The molecule has 4 aliphatic carbocycles. The van der Waals surface area contributed by atoms with Gasteiger partial charge in [-0.25, -0.2) is 0 Å². The summed E-state index contributed by atoms with van der Waals surface area (Å²) in [6.07, 6.45) is 1.77. The Morgan fingerprint density at radius 1 is 1.20 bits per heavy atom. The molecule has 0 aromatic heterocycles. The van der Waals surface area contributed by atoms with Crippen LogP contribution < -0.4 is 0 Å². The lowest BCUT2D eigenvalue weighted by Crippen LogP contribution is -2.83. The van der Waals surface area contributed by atoms with E-state index in [0.717, 1.165) is 19.3 Å². The predicted molar refractivity (Wildman–Crippen MR) is 89.3 cm³/mol. The lowest BCUT2D eigenvalue weighted by molar-refractivity contribution is -0.448. The standard InChI is InChI=1S/C20H28O5/c1-10-11-4-5-12-18-9-25-20(24,19(12,8-11)15(10)22)16(23)14(18)17(2,3)7-6-13(18)21/h11-14,16,21,23-24H,1,4-9H2,2-3H3/t11?,12-,13-,14+,16-,18+,19-,20?/m0/s1. The minimum absolute atomic E-state index is 0.0616. The number of hydrogen-bond donors (Lipinski definition) is 3. The van der Waals surface area contributed by atoms with Crippen LogP contribution >= 0.6 is 0 Å². The van der Waals surface area contributed by atoms with E-state index in [1.54, 1.807) is 0 Å². The van der Waals surface area contributed by atoms with Crippen molar-refractivity contribution in [1.29, 1.82) is 0 Å². The molecule has 6 rings (SSSR count). The van der Waals surface area contributed by atoms with E-state index in [0.29, 0.717) is 18.4 Å². The van der Waals surface area contributed by atoms with E-state index in [9.17, 15) is 20.1 Å². The van der Waals surface area contributed by atoms with Crippen LogP contribution in [0.15, 0.2) is 12.2 Å². The van der Waals surface area contributed by atoms with E-state index in [4.69, 9.17) is 4.74 Å². The number of hydrogen-bond acceptors (Lipinski definition) is 5. The first kappa shape index (κ1) is 16.4. The number of carbonyl (C=O) groups is 1. The van der Waals surface area contributed by atoms with Crippen molar-refractivity contribution in [3.05, 3.63) is 12.2 Å². The Morgan fingerprint density at radius 2 is 1.92 bits per heavy atom. The van der Waals surface area contributed by atoms with Crippen molar-refractivity contribution in [2.75, 3.05) is 6.61 Å². The number of ketones is 1. The highest BCUT2D eigenvalue weighted by molar-refractivity contribution is 6.04. The summed E-state index contributed by atoms with van der Waals surface area (Å²) in [6, 6.07) is 0. The molecule has 0 amide bonds. The molecule has 2 saturated heterocycles. The van der Waals surface area contributed by atoms with Crippen molar-refractivity contribution in [2.45, 2.75) is 63.9 Å². The van der Waals surface area contributed by atoms with Gasteiger partial charge in [-0.15, -0.1) is 0 Å². The molecule has 4 bridgehead atoms. The number of rotatable bonds is 0.